The zero-order valence-electron chi connectivity index (χ0n) is 25.4. The van der Waals surface area contributed by atoms with Crippen molar-refractivity contribution in [3.63, 3.8) is 0 Å². The minimum atomic E-state index is -0.625. The summed E-state index contributed by atoms with van der Waals surface area (Å²) in [6.45, 7) is 7.36. The van der Waals surface area contributed by atoms with E-state index >= 15 is 0 Å². The number of ether oxygens (including phenoxy) is 4. The average molecular weight is 697 g/mol. The number of amides is 2. The predicted molar refractivity (Wildman–Crippen MR) is 157 cm³/mol. The number of unbranched alkanes of at least 4 members (excludes halogenated alkanes) is 5. The van der Waals surface area contributed by atoms with Crippen LogP contribution in [-0.4, -0.2) is 56.2 Å². The SMILES string of the molecule is CC[n+]1ccccc1CN(C(C)=O)C(=O)OCC1COC(OCCCCCCOCCCCCc2ccccc2)C1.[I-]. The first-order valence-electron chi connectivity index (χ1n) is 15.3. The highest BCUT2D eigenvalue weighted by Gasteiger charge is 2.29. The van der Waals surface area contributed by atoms with Crippen molar-refractivity contribution in [2.24, 2.45) is 5.92 Å². The highest BCUT2D eigenvalue weighted by molar-refractivity contribution is 5.90. The lowest BCUT2D eigenvalue weighted by Crippen LogP contribution is -3.00. The molecule has 42 heavy (non-hydrogen) atoms. The van der Waals surface area contributed by atoms with Gasteiger partial charge in [0.15, 0.2) is 12.5 Å². The Morgan fingerprint density at radius 3 is 2.33 bits per heavy atom. The van der Waals surface area contributed by atoms with E-state index in [1.807, 2.05) is 35.9 Å². The number of carbonyl (C=O) groups excluding carboxylic acids is 2. The Balaban J connectivity index is 0.00000616. The smallest absolute Gasteiger partial charge is 0.417 e. The molecule has 1 aliphatic heterocycles. The number of hydrogen-bond donors (Lipinski definition) is 0. The van der Waals surface area contributed by atoms with Crippen LogP contribution in [0.25, 0.3) is 0 Å². The second-order valence-electron chi connectivity index (χ2n) is 10.7. The van der Waals surface area contributed by atoms with E-state index in [-0.39, 0.29) is 55.2 Å². The van der Waals surface area contributed by atoms with Gasteiger partial charge in [0.2, 0.25) is 11.6 Å². The van der Waals surface area contributed by atoms with Gasteiger partial charge in [-0.15, -0.1) is 0 Å². The second-order valence-corrected chi connectivity index (χ2v) is 10.7. The van der Waals surface area contributed by atoms with E-state index in [0.717, 1.165) is 68.9 Å². The van der Waals surface area contributed by atoms with Crippen molar-refractivity contribution < 1.29 is 57.1 Å². The maximum absolute atomic E-state index is 12.7. The normalized spacial score (nSPS) is 16.1. The summed E-state index contributed by atoms with van der Waals surface area (Å²) < 4.78 is 24.9. The van der Waals surface area contributed by atoms with E-state index in [1.54, 1.807) is 0 Å². The van der Waals surface area contributed by atoms with Gasteiger partial charge < -0.3 is 42.9 Å². The van der Waals surface area contributed by atoms with E-state index in [1.165, 1.54) is 25.3 Å². The molecule has 0 N–H and O–H groups in total. The monoisotopic (exact) mass is 696 g/mol. The van der Waals surface area contributed by atoms with Crippen molar-refractivity contribution >= 4 is 12.0 Å². The summed E-state index contributed by atoms with van der Waals surface area (Å²) >= 11 is 0. The number of halogens is 1. The first-order valence-corrected chi connectivity index (χ1v) is 15.3. The lowest BCUT2D eigenvalue weighted by molar-refractivity contribution is -0.701. The van der Waals surface area contributed by atoms with Gasteiger partial charge in [-0.05, 0) is 44.6 Å². The van der Waals surface area contributed by atoms with Crippen LogP contribution in [0, 0.1) is 5.92 Å². The van der Waals surface area contributed by atoms with E-state index in [9.17, 15) is 9.59 Å². The van der Waals surface area contributed by atoms with Gasteiger partial charge >= 0.3 is 6.09 Å². The molecule has 1 aromatic carbocycles. The summed E-state index contributed by atoms with van der Waals surface area (Å²) in [5, 5.41) is 0. The molecule has 2 amide bonds. The Kier molecular flexibility index (Phi) is 18.6. The molecule has 0 radical (unpaired) electrons. The third-order valence-corrected chi connectivity index (χ3v) is 7.37. The van der Waals surface area contributed by atoms with Crippen molar-refractivity contribution in [3.05, 3.63) is 66.0 Å². The van der Waals surface area contributed by atoms with Crippen molar-refractivity contribution in [1.82, 2.24) is 4.90 Å². The van der Waals surface area contributed by atoms with Crippen LogP contribution in [0.5, 0.6) is 0 Å². The minimum absolute atomic E-state index is 0. The molecular weight excluding hydrogens is 647 g/mol. The summed E-state index contributed by atoms with van der Waals surface area (Å²) in [6, 6.07) is 16.4. The van der Waals surface area contributed by atoms with Crippen LogP contribution in [0.1, 0.15) is 76.5 Å². The van der Waals surface area contributed by atoms with Gasteiger partial charge in [-0.1, -0.05) is 55.7 Å². The first kappa shape index (κ1) is 36.1. The van der Waals surface area contributed by atoms with Crippen LogP contribution in [0.3, 0.4) is 0 Å². The van der Waals surface area contributed by atoms with Gasteiger partial charge in [0, 0.05) is 51.2 Å². The predicted octanol–water partition coefficient (Wildman–Crippen LogP) is 2.85. The number of aromatic nitrogens is 1. The molecule has 1 aromatic heterocycles. The van der Waals surface area contributed by atoms with Crippen molar-refractivity contribution in [2.45, 2.75) is 91.0 Å². The van der Waals surface area contributed by atoms with Crippen LogP contribution in [0.15, 0.2) is 54.7 Å². The molecule has 0 bridgehead atoms. The van der Waals surface area contributed by atoms with Crippen LogP contribution in [-0.2, 0) is 43.3 Å². The number of rotatable bonds is 19. The molecule has 9 heteroatoms. The van der Waals surface area contributed by atoms with Crippen molar-refractivity contribution in [3.8, 4) is 0 Å². The second kappa shape index (κ2) is 21.6. The fraction of sp³-hybridized carbons (Fsp3) is 0.606. The molecule has 2 aromatic rings. The largest absolute Gasteiger partial charge is 1.00 e. The summed E-state index contributed by atoms with van der Waals surface area (Å²) in [5.41, 5.74) is 2.29. The summed E-state index contributed by atoms with van der Waals surface area (Å²) in [7, 11) is 0. The number of hydrogen-bond acceptors (Lipinski definition) is 6. The maximum Gasteiger partial charge on any atom is 0.417 e. The molecule has 234 valence electrons. The van der Waals surface area contributed by atoms with Crippen LogP contribution < -0.4 is 28.5 Å². The van der Waals surface area contributed by atoms with Gasteiger partial charge in [0.05, 0.1) is 13.2 Å². The molecule has 0 spiro atoms. The van der Waals surface area contributed by atoms with E-state index < -0.39 is 6.09 Å². The molecule has 2 heterocycles. The first-order chi connectivity index (χ1) is 20.1. The molecular formula is C33H49IN2O6. The molecule has 0 saturated carbocycles. The maximum atomic E-state index is 12.7. The molecule has 2 atom stereocenters. The summed E-state index contributed by atoms with van der Waals surface area (Å²) in [5.74, 6) is -0.281. The highest BCUT2D eigenvalue weighted by atomic mass is 127. The molecule has 2 unspecified atom stereocenters. The molecule has 1 fully saturated rings. The molecule has 8 nitrogen and oxygen atoms in total. The molecule has 1 saturated heterocycles. The molecule has 3 rings (SSSR count). The number of pyridine rings is 1. The number of benzene rings is 1. The van der Waals surface area contributed by atoms with Gasteiger partial charge in [-0.25, -0.2) is 14.3 Å². The fourth-order valence-corrected chi connectivity index (χ4v) is 4.91. The van der Waals surface area contributed by atoms with Crippen LogP contribution in [0.4, 0.5) is 4.79 Å². The van der Waals surface area contributed by atoms with Gasteiger partial charge in [0.25, 0.3) is 0 Å². The standard InChI is InChI=1S/C33H49N2O6.HI/c1-3-34-20-12-11-19-31(34)25-35(28(2)36)33(37)41-27-30-24-32(40-26-30)39-23-15-5-4-13-21-38-22-14-7-10-18-29-16-8-6-9-17-29;/h6,8-9,11-12,16-17,19-20,30,32H,3-5,7,10,13-15,18,21-27H2,1-2H3;1H/q+1;/p-1. The third-order valence-electron chi connectivity index (χ3n) is 7.37. The highest BCUT2D eigenvalue weighted by Crippen LogP contribution is 2.21. The lowest BCUT2D eigenvalue weighted by atomic mass is 10.1. The van der Waals surface area contributed by atoms with Gasteiger partial charge in [-0.3, -0.25) is 4.79 Å². The number of nitrogens with zero attached hydrogens (tertiary/aromatic N) is 2. The Labute approximate surface area is 269 Å². The zero-order chi connectivity index (χ0) is 29.1. The number of aryl methyl sites for hydroxylation is 2. The van der Waals surface area contributed by atoms with Gasteiger partial charge in [0.1, 0.15) is 13.1 Å². The summed E-state index contributed by atoms with van der Waals surface area (Å²) in [4.78, 5) is 25.9. The number of imide groups is 1. The Hall–Kier alpha value is -2.08. The number of carbonyl (C=O) groups is 2. The molecule has 0 aliphatic carbocycles. The molecule has 1 aliphatic rings. The van der Waals surface area contributed by atoms with Crippen LogP contribution in [0.2, 0.25) is 0 Å². The minimum Gasteiger partial charge on any atom is -1.00 e. The Morgan fingerprint density at radius 1 is 0.929 bits per heavy atom. The Morgan fingerprint density at radius 2 is 1.62 bits per heavy atom. The third kappa shape index (κ3) is 13.9. The summed E-state index contributed by atoms with van der Waals surface area (Å²) in [6.07, 6.45) is 10.7. The van der Waals surface area contributed by atoms with E-state index in [0.29, 0.717) is 19.6 Å². The van der Waals surface area contributed by atoms with Gasteiger partial charge in [-0.2, -0.15) is 0 Å². The topological polar surface area (TPSA) is 78.2 Å². The van der Waals surface area contributed by atoms with Crippen LogP contribution >= 0.6 is 0 Å². The zero-order valence-corrected chi connectivity index (χ0v) is 27.5. The fourth-order valence-electron chi connectivity index (χ4n) is 4.91. The van der Waals surface area contributed by atoms with E-state index in [4.69, 9.17) is 18.9 Å². The average Bonchev–Trinajstić information content (AvgIpc) is 3.45. The van der Waals surface area contributed by atoms with E-state index in [2.05, 4.69) is 30.3 Å². The lowest BCUT2D eigenvalue weighted by Gasteiger charge is -2.19. The van der Waals surface area contributed by atoms with Crippen molar-refractivity contribution in [2.75, 3.05) is 33.0 Å². The quantitative estimate of drug-likeness (QED) is 0.128. The van der Waals surface area contributed by atoms with Crippen molar-refractivity contribution in [1.29, 1.82) is 0 Å². The Bertz CT molecular complexity index is 1020.